The third kappa shape index (κ3) is 5.20. The number of aromatic nitrogens is 2. The van der Waals surface area contributed by atoms with Crippen molar-refractivity contribution in [2.45, 2.75) is 51.0 Å². The van der Waals surface area contributed by atoms with Crippen molar-refractivity contribution < 1.29 is 13.2 Å². The topological polar surface area (TPSA) is 87.5 Å². The van der Waals surface area contributed by atoms with Crippen molar-refractivity contribution in [3.63, 3.8) is 0 Å². The summed E-state index contributed by atoms with van der Waals surface area (Å²) in [5.41, 5.74) is 1.45. The maximum absolute atomic E-state index is 13.0. The van der Waals surface area contributed by atoms with Gasteiger partial charge in [-0.2, -0.15) is 9.40 Å². The molecule has 9 heteroatoms. The molecule has 0 spiro atoms. The lowest BCUT2D eigenvalue weighted by Crippen LogP contribution is -2.31. The van der Waals surface area contributed by atoms with Crippen LogP contribution >= 0.6 is 0 Å². The smallest absolute Gasteiger partial charge is 0.243 e. The molecule has 1 N–H and O–H groups in total. The number of hydrogen-bond donors (Lipinski definition) is 1. The molecule has 0 bridgehead atoms. The van der Waals surface area contributed by atoms with Gasteiger partial charge in [0.25, 0.3) is 0 Å². The molecule has 0 atom stereocenters. The average molecular weight is 434 g/mol. The number of nitrogens with one attached hydrogen (secondary N) is 1. The average Bonchev–Trinajstić information content (AvgIpc) is 3.43. The Kier molecular flexibility index (Phi) is 7.49. The van der Waals surface area contributed by atoms with Gasteiger partial charge in [0.1, 0.15) is 0 Å². The first-order valence-corrected chi connectivity index (χ1v) is 12.1. The van der Waals surface area contributed by atoms with Gasteiger partial charge in [0.2, 0.25) is 15.9 Å². The summed E-state index contributed by atoms with van der Waals surface area (Å²) in [6.07, 6.45) is 6.76. The van der Waals surface area contributed by atoms with Crippen molar-refractivity contribution in [3.8, 4) is 0 Å². The van der Waals surface area contributed by atoms with Gasteiger partial charge in [-0.05, 0) is 43.5 Å². The van der Waals surface area contributed by atoms with Crippen LogP contribution < -0.4 is 10.2 Å². The maximum Gasteiger partial charge on any atom is 0.243 e. The molecule has 2 heterocycles. The molecule has 1 aromatic carbocycles. The van der Waals surface area contributed by atoms with Crippen molar-refractivity contribution in [1.82, 2.24) is 14.1 Å². The van der Waals surface area contributed by atoms with E-state index >= 15 is 0 Å². The third-order valence-electron chi connectivity index (χ3n) is 5.38. The zero-order valence-electron chi connectivity index (χ0n) is 17.7. The SMILES string of the molecule is CCN(CC)S(=O)(=O)c1ccc(N2CCCC2)c(NC(=O)CCCn2cccn2)c1. The highest BCUT2D eigenvalue weighted by molar-refractivity contribution is 7.89. The van der Waals surface area contributed by atoms with Gasteiger partial charge < -0.3 is 10.2 Å². The maximum atomic E-state index is 13.0. The van der Waals surface area contributed by atoms with Crippen LogP contribution in [-0.4, -0.2) is 54.6 Å². The summed E-state index contributed by atoms with van der Waals surface area (Å²) < 4.78 is 29.1. The van der Waals surface area contributed by atoms with Crippen LogP contribution in [0.15, 0.2) is 41.6 Å². The molecule has 2 aromatic rings. The summed E-state index contributed by atoms with van der Waals surface area (Å²) in [5.74, 6) is -0.125. The minimum Gasteiger partial charge on any atom is -0.370 e. The van der Waals surface area contributed by atoms with E-state index in [4.69, 9.17) is 0 Å². The summed E-state index contributed by atoms with van der Waals surface area (Å²) in [5, 5.41) is 7.10. The van der Waals surface area contributed by atoms with Crippen molar-refractivity contribution in [3.05, 3.63) is 36.7 Å². The van der Waals surface area contributed by atoms with E-state index in [2.05, 4.69) is 15.3 Å². The minimum absolute atomic E-state index is 0.125. The standard InChI is InChI=1S/C21H31N5O3S/c1-3-26(4-2)30(28,29)18-10-11-20(24-13-5-6-14-24)19(17-18)23-21(27)9-7-15-25-16-8-12-22-25/h8,10-12,16-17H,3-7,9,13-15H2,1-2H3,(H,23,27). The zero-order chi connectivity index (χ0) is 21.6. The molecule has 1 amide bonds. The Morgan fingerprint density at radius 2 is 1.93 bits per heavy atom. The van der Waals surface area contributed by atoms with Crippen LogP contribution in [-0.2, 0) is 21.4 Å². The molecule has 3 rings (SSSR count). The van der Waals surface area contributed by atoms with Gasteiger partial charge in [-0.1, -0.05) is 13.8 Å². The lowest BCUT2D eigenvalue weighted by molar-refractivity contribution is -0.116. The summed E-state index contributed by atoms with van der Waals surface area (Å²) in [4.78, 5) is 15.0. The molecule has 1 aliphatic rings. The molecule has 1 aromatic heterocycles. The van der Waals surface area contributed by atoms with E-state index in [1.54, 1.807) is 23.0 Å². The number of nitrogens with zero attached hydrogens (tertiary/aromatic N) is 4. The predicted molar refractivity (Wildman–Crippen MR) is 118 cm³/mol. The minimum atomic E-state index is -3.59. The molecular formula is C21H31N5O3S. The van der Waals surface area contributed by atoms with Gasteiger partial charge >= 0.3 is 0 Å². The van der Waals surface area contributed by atoms with E-state index in [0.29, 0.717) is 38.2 Å². The number of amides is 1. The first-order valence-electron chi connectivity index (χ1n) is 10.6. The Morgan fingerprint density at radius 1 is 1.20 bits per heavy atom. The Bertz CT molecular complexity index is 934. The molecule has 1 fully saturated rings. The molecule has 30 heavy (non-hydrogen) atoms. The Balaban J connectivity index is 1.79. The number of carbonyl (C=O) groups excluding carboxylic acids is 1. The molecule has 1 aliphatic heterocycles. The lowest BCUT2D eigenvalue weighted by atomic mass is 10.2. The quantitative estimate of drug-likeness (QED) is 0.622. The van der Waals surface area contributed by atoms with Crippen molar-refractivity contribution >= 4 is 27.3 Å². The van der Waals surface area contributed by atoms with E-state index < -0.39 is 10.0 Å². The molecule has 0 aliphatic carbocycles. The fourth-order valence-electron chi connectivity index (χ4n) is 3.77. The van der Waals surface area contributed by atoms with E-state index in [0.717, 1.165) is 31.6 Å². The zero-order valence-corrected chi connectivity index (χ0v) is 18.6. The van der Waals surface area contributed by atoms with Crippen LogP contribution in [0.2, 0.25) is 0 Å². The van der Waals surface area contributed by atoms with Crippen molar-refractivity contribution in [2.75, 3.05) is 36.4 Å². The highest BCUT2D eigenvalue weighted by atomic mass is 32.2. The summed E-state index contributed by atoms with van der Waals surface area (Å²) in [6, 6.07) is 6.92. The van der Waals surface area contributed by atoms with Crippen LogP contribution in [0.25, 0.3) is 0 Å². The number of anilines is 2. The first kappa shape index (κ1) is 22.3. The van der Waals surface area contributed by atoms with Gasteiger partial charge in [0, 0.05) is 51.5 Å². The number of hydrogen-bond acceptors (Lipinski definition) is 5. The summed E-state index contributed by atoms with van der Waals surface area (Å²) in [6.45, 7) is 6.93. The highest BCUT2D eigenvalue weighted by Crippen LogP contribution is 2.32. The molecule has 164 valence electrons. The van der Waals surface area contributed by atoms with Gasteiger partial charge in [0.15, 0.2) is 0 Å². The number of benzene rings is 1. The van der Waals surface area contributed by atoms with Crippen LogP contribution in [0, 0.1) is 0 Å². The largest absolute Gasteiger partial charge is 0.370 e. The summed E-state index contributed by atoms with van der Waals surface area (Å²) in [7, 11) is -3.59. The third-order valence-corrected chi connectivity index (χ3v) is 7.43. The molecule has 1 saturated heterocycles. The van der Waals surface area contributed by atoms with E-state index in [-0.39, 0.29) is 10.8 Å². The fourth-order valence-corrected chi connectivity index (χ4v) is 5.25. The van der Waals surface area contributed by atoms with Crippen molar-refractivity contribution in [2.24, 2.45) is 0 Å². The van der Waals surface area contributed by atoms with Crippen LogP contribution in [0.4, 0.5) is 11.4 Å². The van der Waals surface area contributed by atoms with Gasteiger partial charge in [0.05, 0.1) is 16.3 Å². The number of rotatable bonds is 10. The number of carbonyl (C=O) groups is 1. The summed E-state index contributed by atoms with van der Waals surface area (Å²) >= 11 is 0. The molecule has 8 nitrogen and oxygen atoms in total. The van der Waals surface area contributed by atoms with E-state index in [9.17, 15) is 13.2 Å². The predicted octanol–water partition coefficient (Wildman–Crippen LogP) is 2.93. The second kappa shape index (κ2) is 10.1. The lowest BCUT2D eigenvalue weighted by Gasteiger charge is -2.24. The number of aryl methyl sites for hydroxylation is 1. The van der Waals surface area contributed by atoms with Crippen LogP contribution in [0.1, 0.15) is 39.5 Å². The Morgan fingerprint density at radius 3 is 2.57 bits per heavy atom. The fraction of sp³-hybridized carbons (Fsp3) is 0.524. The van der Waals surface area contributed by atoms with Crippen molar-refractivity contribution in [1.29, 1.82) is 0 Å². The molecule has 0 unspecified atom stereocenters. The highest BCUT2D eigenvalue weighted by Gasteiger charge is 2.25. The first-order chi connectivity index (χ1) is 14.5. The number of sulfonamides is 1. The van der Waals surface area contributed by atoms with Gasteiger partial charge in [-0.3, -0.25) is 9.48 Å². The monoisotopic (exact) mass is 433 g/mol. The van der Waals surface area contributed by atoms with E-state index in [1.807, 2.05) is 32.2 Å². The Hall–Kier alpha value is -2.39. The van der Waals surface area contributed by atoms with E-state index in [1.165, 1.54) is 4.31 Å². The second-order valence-electron chi connectivity index (χ2n) is 7.38. The Labute approximate surface area is 178 Å². The molecule has 0 saturated carbocycles. The second-order valence-corrected chi connectivity index (χ2v) is 9.32. The van der Waals surface area contributed by atoms with Gasteiger partial charge in [-0.25, -0.2) is 8.42 Å². The normalized spacial score (nSPS) is 14.4. The van der Waals surface area contributed by atoms with Gasteiger partial charge in [-0.15, -0.1) is 0 Å². The molecule has 0 radical (unpaired) electrons. The van der Waals surface area contributed by atoms with Crippen LogP contribution in [0.3, 0.4) is 0 Å². The van der Waals surface area contributed by atoms with Crippen LogP contribution in [0.5, 0.6) is 0 Å². The molecular weight excluding hydrogens is 402 g/mol.